The molecule has 0 spiro atoms. The van der Waals surface area contributed by atoms with Crippen molar-refractivity contribution in [3.63, 3.8) is 0 Å². The number of benzene rings is 2. The van der Waals surface area contributed by atoms with Gasteiger partial charge in [0.25, 0.3) is 0 Å². The van der Waals surface area contributed by atoms with Gasteiger partial charge in [0.1, 0.15) is 23.3 Å². The van der Waals surface area contributed by atoms with Gasteiger partial charge in [0, 0.05) is 12.1 Å². The summed E-state index contributed by atoms with van der Waals surface area (Å²) in [6.45, 7) is 0.439. The van der Waals surface area contributed by atoms with E-state index in [4.69, 9.17) is 14.2 Å². The molecular formula is C25H31N5O5. The number of carbonyl (C=O) groups excluding carboxylic acids is 1. The summed E-state index contributed by atoms with van der Waals surface area (Å²) in [5, 5.41) is 24.1. The number of anilines is 1. The number of aliphatic hydroxyl groups excluding tert-OH is 1. The lowest BCUT2D eigenvalue weighted by Crippen LogP contribution is -2.52. The molecule has 1 aliphatic rings. The molecule has 0 radical (unpaired) electrons. The van der Waals surface area contributed by atoms with Gasteiger partial charge >= 0.3 is 6.03 Å². The first-order valence-corrected chi connectivity index (χ1v) is 11.6. The van der Waals surface area contributed by atoms with E-state index in [1.807, 2.05) is 42.6 Å². The van der Waals surface area contributed by atoms with Gasteiger partial charge in [0.2, 0.25) is 0 Å². The number of aliphatic hydroxyl groups is 1. The Morgan fingerprint density at radius 2 is 1.86 bits per heavy atom. The Morgan fingerprint density at radius 1 is 1.11 bits per heavy atom. The molecule has 1 fully saturated rings. The Balaban J connectivity index is 1.29. The predicted molar refractivity (Wildman–Crippen MR) is 131 cm³/mol. The lowest BCUT2D eigenvalue weighted by Gasteiger charge is -2.36. The third-order valence-corrected chi connectivity index (χ3v) is 6.07. The zero-order valence-electron chi connectivity index (χ0n) is 19.9. The van der Waals surface area contributed by atoms with Crippen LogP contribution in [0.2, 0.25) is 0 Å². The third kappa shape index (κ3) is 6.09. The average Bonchev–Trinajstić information content (AvgIpc) is 3.37. The molecule has 1 saturated heterocycles. The molecule has 3 aromatic rings. The number of para-hydroxylation sites is 3. The molecule has 1 aromatic heterocycles. The fraction of sp³-hybridized carbons (Fsp3) is 0.400. The number of methoxy groups -OCH3 is 2. The highest BCUT2D eigenvalue weighted by molar-refractivity contribution is 5.91. The second-order valence-corrected chi connectivity index (χ2v) is 8.32. The highest BCUT2D eigenvalue weighted by Crippen LogP contribution is 2.28. The van der Waals surface area contributed by atoms with Crippen molar-refractivity contribution in [2.45, 2.75) is 44.1 Å². The Kier molecular flexibility index (Phi) is 8.17. The van der Waals surface area contributed by atoms with Crippen molar-refractivity contribution in [1.29, 1.82) is 0 Å². The molecule has 1 aliphatic heterocycles. The monoisotopic (exact) mass is 481 g/mol. The summed E-state index contributed by atoms with van der Waals surface area (Å²) in [5.74, 6) is 1.32. The molecule has 0 aliphatic carbocycles. The number of aryl methyl sites for hydroxylation is 1. The van der Waals surface area contributed by atoms with Gasteiger partial charge in [-0.25, -0.2) is 4.79 Å². The van der Waals surface area contributed by atoms with Crippen LogP contribution >= 0.6 is 0 Å². The Morgan fingerprint density at radius 3 is 2.63 bits per heavy atom. The number of amides is 2. The number of rotatable bonds is 9. The molecule has 10 heteroatoms. The van der Waals surface area contributed by atoms with Crippen LogP contribution in [-0.4, -0.2) is 65.2 Å². The molecule has 2 aromatic carbocycles. The fourth-order valence-electron chi connectivity index (χ4n) is 4.25. The largest absolute Gasteiger partial charge is 0.496 e. The normalized spacial score (nSPS) is 19.7. The van der Waals surface area contributed by atoms with Gasteiger partial charge < -0.3 is 30.0 Å². The van der Waals surface area contributed by atoms with E-state index in [1.165, 1.54) is 0 Å². The van der Waals surface area contributed by atoms with E-state index in [0.29, 0.717) is 30.8 Å². The number of ether oxygens (including phenoxy) is 3. The maximum atomic E-state index is 12.5. The Labute approximate surface area is 204 Å². The van der Waals surface area contributed by atoms with E-state index in [-0.39, 0.29) is 24.8 Å². The zero-order chi connectivity index (χ0) is 24.6. The molecule has 0 bridgehead atoms. The van der Waals surface area contributed by atoms with E-state index < -0.39 is 6.10 Å². The van der Waals surface area contributed by atoms with Crippen LogP contribution in [0.1, 0.15) is 19.3 Å². The number of hydrogen-bond donors (Lipinski definition) is 3. The number of urea groups is 1. The van der Waals surface area contributed by atoms with Crippen LogP contribution in [0.25, 0.3) is 11.3 Å². The Bertz CT molecular complexity index is 1120. The van der Waals surface area contributed by atoms with Crippen molar-refractivity contribution >= 4 is 11.7 Å². The molecule has 186 valence electrons. The number of carbonyl (C=O) groups is 1. The predicted octanol–water partition coefficient (Wildman–Crippen LogP) is 3.08. The first kappa shape index (κ1) is 24.5. The van der Waals surface area contributed by atoms with Crippen LogP contribution in [-0.2, 0) is 11.3 Å². The standard InChI is InChI=1S/C25H31N5O5/c1-33-22-9-5-3-7-18(22)21-15-30(29-28-21)14-13-17-11-12-20(24(16-31)35-17)27-25(32)26-19-8-4-6-10-23(19)34-2/h3-10,15,17,20,24,31H,11-14,16H2,1-2H3,(H2,26,27,32)/t17-,20+,24+/m1/s1. The number of aromatic nitrogens is 3. The number of hydrogen-bond acceptors (Lipinski definition) is 7. The van der Waals surface area contributed by atoms with Crippen molar-refractivity contribution in [2.24, 2.45) is 0 Å². The first-order valence-electron chi connectivity index (χ1n) is 11.6. The molecule has 4 rings (SSSR count). The minimum Gasteiger partial charge on any atom is -0.496 e. The maximum Gasteiger partial charge on any atom is 0.319 e. The topological polar surface area (TPSA) is 120 Å². The van der Waals surface area contributed by atoms with Crippen molar-refractivity contribution in [2.75, 3.05) is 26.1 Å². The molecule has 35 heavy (non-hydrogen) atoms. The van der Waals surface area contributed by atoms with Crippen molar-refractivity contribution in [3.05, 3.63) is 54.7 Å². The summed E-state index contributed by atoms with van der Waals surface area (Å²) in [4.78, 5) is 12.5. The van der Waals surface area contributed by atoms with Crippen LogP contribution in [0.5, 0.6) is 11.5 Å². The summed E-state index contributed by atoms with van der Waals surface area (Å²) in [7, 11) is 3.18. The van der Waals surface area contributed by atoms with E-state index in [2.05, 4.69) is 20.9 Å². The zero-order valence-corrected chi connectivity index (χ0v) is 19.9. The van der Waals surface area contributed by atoms with Crippen molar-refractivity contribution in [3.8, 4) is 22.8 Å². The molecule has 2 amide bonds. The van der Waals surface area contributed by atoms with Gasteiger partial charge in [-0.3, -0.25) is 4.68 Å². The molecule has 0 unspecified atom stereocenters. The highest BCUT2D eigenvalue weighted by Gasteiger charge is 2.32. The average molecular weight is 482 g/mol. The van der Waals surface area contributed by atoms with E-state index in [9.17, 15) is 9.90 Å². The second kappa shape index (κ2) is 11.7. The van der Waals surface area contributed by atoms with Crippen LogP contribution in [0, 0.1) is 0 Å². The smallest absolute Gasteiger partial charge is 0.319 e. The minimum atomic E-state index is -0.489. The molecule has 3 atom stereocenters. The number of nitrogens with one attached hydrogen (secondary N) is 2. The summed E-state index contributed by atoms with van der Waals surface area (Å²) in [6, 6.07) is 14.2. The molecule has 3 N–H and O–H groups in total. The fourth-order valence-corrected chi connectivity index (χ4v) is 4.25. The van der Waals surface area contributed by atoms with Crippen LogP contribution in [0.4, 0.5) is 10.5 Å². The summed E-state index contributed by atoms with van der Waals surface area (Å²) in [5.41, 5.74) is 2.20. The number of nitrogens with zero attached hydrogens (tertiary/aromatic N) is 3. The summed E-state index contributed by atoms with van der Waals surface area (Å²) < 4.78 is 18.6. The van der Waals surface area contributed by atoms with Crippen molar-refractivity contribution < 1.29 is 24.1 Å². The molecule has 2 heterocycles. The quantitative estimate of drug-likeness (QED) is 0.430. The SMILES string of the molecule is COc1ccccc1NC(=O)N[C@H]1CC[C@H](CCn2cc(-c3ccccc3OC)nn2)O[C@H]1CO. The lowest BCUT2D eigenvalue weighted by atomic mass is 9.97. The summed E-state index contributed by atoms with van der Waals surface area (Å²) in [6.07, 6.45) is 3.50. The molecule has 0 saturated carbocycles. The van der Waals surface area contributed by atoms with Gasteiger partial charge in [-0.05, 0) is 43.5 Å². The third-order valence-electron chi connectivity index (χ3n) is 6.07. The van der Waals surface area contributed by atoms with E-state index >= 15 is 0 Å². The van der Waals surface area contributed by atoms with Crippen molar-refractivity contribution in [1.82, 2.24) is 20.3 Å². The minimum absolute atomic E-state index is 0.0543. The van der Waals surface area contributed by atoms with E-state index in [1.54, 1.807) is 31.0 Å². The van der Waals surface area contributed by atoms with E-state index in [0.717, 1.165) is 23.4 Å². The first-order chi connectivity index (χ1) is 17.1. The van der Waals surface area contributed by atoms with Crippen LogP contribution in [0.3, 0.4) is 0 Å². The maximum absolute atomic E-state index is 12.5. The second-order valence-electron chi connectivity index (χ2n) is 8.32. The van der Waals surface area contributed by atoms with Gasteiger partial charge in [-0.2, -0.15) is 0 Å². The molecule has 10 nitrogen and oxygen atoms in total. The van der Waals surface area contributed by atoms with Gasteiger partial charge in [0.15, 0.2) is 0 Å². The van der Waals surface area contributed by atoms with Crippen LogP contribution < -0.4 is 20.1 Å². The van der Waals surface area contributed by atoms with Gasteiger partial charge in [-0.1, -0.05) is 29.5 Å². The summed E-state index contributed by atoms with van der Waals surface area (Å²) >= 11 is 0. The van der Waals surface area contributed by atoms with Gasteiger partial charge in [0.05, 0.1) is 44.9 Å². The Hall–Kier alpha value is -3.63. The molecular weight excluding hydrogens is 450 g/mol. The highest BCUT2D eigenvalue weighted by atomic mass is 16.5. The lowest BCUT2D eigenvalue weighted by molar-refractivity contribution is -0.0905. The van der Waals surface area contributed by atoms with Gasteiger partial charge in [-0.15, -0.1) is 5.10 Å². The van der Waals surface area contributed by atoms with Crippen LogP contribution in [0.15, 0.2) is 54.7 Å².